The van der Waals surface area contributed by atoms with E-state index in [1.54, 1.807) is 18.2 Å². The second-order valence-corrected chi connectivity index (χ2v) is 7.94. The van der Waals surface area contributed by atoms with Crippen LogP contribution in [-0.4, -0.2) is 18.2 Å². The van der Waals surface area contributed by atoms with Crippen molar-refractivity contribution in [3.63, 3.8) is 0 Å². The van der Waals surface area contributed by atoms with Gasteiger partial charge >= 0.3 is 0 Å². The second kappa shape index (κ2) is 8.41. The highest BCUT2D eigenvalue weighted by Gasteiger charge is 2.40. The van der Waals surface area contributed by atoms with Gasteiger partial charge in [-0.25, -0.2) is 5.43 Å². The predicted octanol–water partition coefficient (Wildman–Crippen LogP) is 5.08. The number of hydrogen-bond donors (Lipinski definition) is 1. The molecule has 2 fully saturated rings. The number of nitrogens with zero attached hydrogens (tertiary/aromatic N) is 1. The molecule has 136 valence electrons. The van der Waals surface area contributed by atoms with Gasteiger partial charge in [0.05, 0.1) is 11.6 Å². The SMILES string of the molecule is C/C(=N\NC(=O)CCCOc1ccc(Cl)cc1Cl)C1CC2CCC1C2. The lowest BCUT2D eigenvalue weighted by atomic mass is 9.86. The smallest absolute Gasteiger partial charge is 0.240 e. The average molecular weight is 383 g/mol. The summed E-state index contributed by atoms with van der Waals surface area (Å²) in [5.41, 5.74) is 3.76. The monoisotopic (exact) mass is 382 g/mol. The van der Waals surface area contributed by atoms with Gasteiger partial charge in [0, 0.05) is 23.1 Å². The topological polar surface area (TPSA) is 50.7 Å². The number of carbonyl (C=O) groups excluding carboxylic acids is 1. The molecule has 3 rings (SSSR count). The van der Waals surface area contributed by atoms with E-state index in [1.165, 1.54) is 25.7 Å². The molecule has 1 aromatic rings. The maximum atomic E-state index is 11.9. The Morgan fingerprint density at radius 3 is 2.84 bits per heavy atom. The van der Waals surface area contributed by atoms with Crippen LogP contribution in [0.2, 0.25) is 10.0 Å². The van der Waals surface area contributed by atoms with Gasteiger partial charge in [0.25, 0.3) is 0 Å². The van der Waals surface area contributed by atoms with Crippen molar-refractivity contribution in [3.05, 3.63) is 28.2 Å². The molecule has 2 aliphatic carbocycles. The molecule has 3 atom stereocenters. The van der Waals surface area contributed by atoms with Crippen molar-refractivity contribution in [1.29, 1.82) is 0 Å². The van der Waals surface area contributed by atoms with E-state index < -0.39 is 0 Å². The summed E-state index contributed by atoms with van der Waals surface area (Å²) >= 11 is 11.9. The normalized spacial score (nSPS) is 25.2. The maximum Gasteiger partial charge on any atom is 0.240 e. The number of ether oxygens (including phenoxy) is 1. The Balaban J connectivity index is 1.36. The first-order chi connectivity index (χ1) is 12.0. The van der Waals surface area contributed by atoms with Crippen molar-refractivity contribution >= 4 is 34.8 Å². The summed E-state index contributed by atoms with van der Waals surface area (Å²) in [5, 5.41) is 5.37. The standard InChI is InChI=1S/C19H24Cl2N2O2/c1-12(16-10-13-4-5-14(16)9-13)22-23-19(24)3-2-8-25-18-7-6-15(20)11-17(18)21/h6-7,11,13-14,16H,2-5,8-10H2,1H3,(H,23,24)/b22-12+. The number of benzene rings is 1. The van der Waals surface area contributed by atoms with E-state index in [0.717, 1.165) is 17.5 Å². The molecule has 1 amide bonds. The maximum absolute atomic E-state index is 11.9. The molecule has 0 spiro atoms. The number of nitrogens with one attached hydrogen (secondary N) is 1. The van der Waals surface area contributed by atoms with Crippen molar-refractivity contribution in [2.24, 2.45) is 22.9 Å². The zero-order chi connectivity index (χ0) is 17.8. The predicted molar refractivity (Wildman–Crippen MR) is 101 cm³/mol. The van der Waals surface area contributed by atoms with Gasteiger partial charge < -0.3 is 4.74 Å². The first kappa shape index (κ1) is 18.5. The molecule has 1 aromatic carbocycles. The van der Waals surface area contributed by atoms with E-state index >= 15 is 0 Å². The molecular formula is C19H24Cl2N2O2. The second-order valence-electron chi connectivity index (χ2n) is 7.10. The lowest BCUT2D eigenvalue weighted by Crippen LogP contribution is -2.24. The van der Waals surface area contributed by atoms with E-state index in [4.69, 9.17) is 27.9 Å². The quantitative estimate of drug-likeness (QED) is 0.406. The zero-order valence-electron chi connectivity index (χ0n) is 14.4. The van der Waals surface area contributed by atoms with Crippen LogP contribution in [0, 0.1) is 17.8 Å². The summed E-state index contributed by atoms with van der Waals surface area (Å²) in [7, 11) is 0. The van der Waals surface area contributed by atoms with Gasteiger partial charge in [0.2, 0.25) is 5.91 Å². The fourth-order valence-electron chi connectivity index (χ4n) is 4.05. The van der Waals surface area contributed by atoms with Gasteiger partial charge in [-0.3, -0.25) is 4.79 Å². The van der Waals surface area contributed by atoms with Gasteiger partial charge in [0.1, 0.15) is 5.75 Å². The summed E-state index contributed by atoms with van der Waals surface area (Å²) in [4.78, 5) is 11.9. The molecule has 2 bridgehead atoms. The molecule has 0 aromatic heterocycles. The Hall–Kier alpha value is -1.26. The molecule has 1 N–H and O–H groups in total. The van der Waals surface area contributed by atoms with Gasteiger partial charge in [0.15, 0.2) is 0 Å². The van der Waals surface area contributed by atoms with Crippen molar-refractivity contribution in [2.45, 2.75) is 45.4 Å². The number of carbonyl (C=O) groups is 1. The highest BCUT2D eigenvalue weighted by molar-refractivity contribution is 6.35. The molecule has 25 heavy (non-hydrogen) atoms. The first-order valence-corrected chi connectivity index (χ1v) is 9.69. The van der Waals surface area contributed by atoms with Crippen LogP contribution >= 0.6 is 23.2 Å². The van der Waals surface area contributed by atoms with E-state index in [2.05, 4.69) is 10.5 Å². The van der Waals surface area contributed by atoms with Gasteiger partial charge in [-0.1, -0.05) is 29.6 Å². The largest absolute Gasteiger partial charge is 0.492 e. The van der Waals surface area contributed by atoms with Crippen LogP contribution in [0.25, 0.3) is 0 Å². The number of halogens is 2. The fraction of sp³-hybridized carbons (Fsp3) is 0.579. The molecule has 2 saturated carbocycles. The van der Waals surface area contributed by atoms with Crippen LogP contribution in [0.4, 0.5) is 0 Å². The van der Waals surface area contributed by atoms with Crippen molar-refractivity contribution in [3.8, 4) is 5.75 Å². The van der Waals surface area contributed by atoms with Crippen LogP contribution in [0.5, 0.6) is 5.75 Å². The van der Waals surface area contributed by atoms with E-state index in [-0.39, 0.29) is 5.91 Å². The molecule has 4 nitrogen and oxygen atoms in total. The molecule has 0 heterocycles. The lowest BCUT2D eigenvalue weighted by Gasteiger charge is -2.21. The summed E-state index contributed by atoms with van der Waals surface area (Å²) in [6, 6.07) is 5.09. The van der Waals surface area contributed by atoms with Crippen LogP contribution < -0.4 is 10.2 Å². The third-order valence-corrected chi connectivity index (χ3v) is 5.86. The molecule has 0 saturated heterocycles. The van der Waals surface area contributed by atoms with Gasteiger partial charge in [-0.15, -0.1) is 0 Å². The lowest BCUT2D eigenvalue weighted by molar-refractivity contribution is -0.121. The highest BCUT2D eigenvalue weighted by atomic mass is 35.5. The summed E-state index contributed by atoms with van der Waals surface area (Å²) in [6.07, 6.45) is 6.26. The van der Waals surface area contributed by atoms with Crippen LogP contribution in [0.3, 0.4) is 0 Å². The van der Waals surface area contributed by atoms with E-state index in [9.17, 15) is 4.79 Å². The summed E-state index contributed by atoms with van der Waals surface area (Å²) in [5.74, 6) is 2.73. The molecule has 0 aliphatic heterocycles. The first-order valence-electron chi connectivity index (χ1n) is 8.94. The number of amides is 1. The minimum atomic E-state index is -0.0756. The third kappa shape index (κ3) is 4.89. The Labute approximate surface area is 158 Å². The number of hydrogen-bond acceptors (Lipinski definition) is 3. The summed E-state index contributed by atoms with van der Waals surface area (Å²) < 4.78 is 5.58. The molecule has 3 unspecified atom stereocenters. The molecule has 6 heteroatoms. The Bertz CT molecular complexity index is 663. The van der Waals surface area contributed by atoms with Crippen molar-refractivity contribution < 1.29 is 9.53 Å². The van der Waals surface area contributed by atoms with E-state index in [1.807, 2.05) is 6.92 Å². The number of fused-ring (bicyclic) bond motifs is 2. The van der Waals surface area contributed by atoms with Crippen molar-refractivity contribution in [2.75, 3.05) is 6.61 Å². The third-order valence-electron chi connectivity index (χ3n) is 5.33. The minimum absolute atomic E-state index is 0.0756. The van der Waals surface area contributed by atoms with E-state index in [0.29, 0.717) is 41.2 Å². The molecule has 2 aliphatic rings. The van der Waals surface area contributed by atoms with Gasteiger partial charge in [-0.05, 0) is 62.6 Å². The fourth-order valence-corrected chi connectivity index (χ4v) is 4.52. The molecule has 0 radical (unpaired) electrons. The average Bonchev–Trinajstić information content (AvgIpc) is 3.21. The van der Waals surface area contributed by atoms with Crippen LogP contribution in [0.1, 0.15) is 45.4 Å². The highest BCUT2D eigenvalue weighted by Crippen LogP contribution is 2.48. The number of rotatable bonds is 7. The van der Waals surface area contributed by atoms with Gasteiger partial charge in [-0.2, -0.15) is 5.10 Å². The zero-order valence-corrected chi connectivity index (χ0v) is 15.9. The minimum Gasteiger partial charge on any atom is -0.492 e. The number of hydrazone groups is 1. The van der Waals surface area contributed by atoms with Crippen molar-refractivity contribution in [1.82, 2.24) is 5.43 Å². The Morgan fingerprint density at radius 1 is 1.32 bits per heavy atom. The Morgan fingerprint density at radius 2 is 2.16 bits per heavy atom. The summed E-state index contributed by atoms with van der Waals surface area (Å²) in [6.45, 7) is 2.46. The van der Waals surface area contributed by atoms with Crippen LogP contribution in [-0.2, 0) is 4.79 Å². The molecular weight excluding hydrogens is 359 g/mol. The van der Waals surface area contributed by atoms with Crippen LogP contribution in [0.15, 0.2) is 23.3 Å². The Kier molecular flexibility index (Phi) is 6.24.